The first-order valence-corrected chi connectivity index (χ1v) is 5.83. The summed E-state index contributed by atoms with van der Waals surface area (Å²) in [6, 6.07) is 1.23. The molecule has 2 atom stereocenters. The zero-order valence-electron chi connectivity index (χ0n) is 9.87. The van der Waals surface area contributed by atoms with Crippen LogP contribution in [0, 0.1) is 0 Å². The van der Waals surface area contributed by atoms with Gasteiger partial charge in [0.2, 0.25) is 0 Å². The van der Waals surface area contributed by atoms with Crippen molar-refractivity contribution in [3.05, 3.63) is 0 Å². The third kappa shape index (κ3) is 2.94. The zero-order valence-corrected chi connectivity index (χ0v) is 9.87. The van der Waals surface area contributed by atoms with Crippen molar-refractivity contribution >= 4 is 0 Å². The van der Waals surface area contributed by atoms with Crippen molar-refractivity contribution in [1.29, 1.82) is 0 Å². The van der Waals surface area contributed by atoms with E-state index in [4.69, 9.17) is 5.73 Å². The van der Waals surface area contributed by atoms with E-state index >= 15 is 0 Å². The van der Waals surface area contributed by atoms with Crippen molar-refractivity contribution in [1.82, 2.24) is 9.80 Å². The number of likely N-dealkylation sites (N-methyl/N-ethyl adjacent to an activating group) is 1. The smallest absolute Gasteiger partial charge is 0.0348 e. The molecule has 3 heteroatoms. The first kappa shape index (κ1) is 12.0. The van der Waals surface area contributed by atoms with Gasteiger partial charge in [0.25, 0.3) is 0 Å². The van der Waals surface area contributed by atoms with Crippen LogP contribution >= 0.6 is 0 Å². The lowest BCUT2D eigenvalue weighted by atomic mass is 10.1. The van der Waals surface area contributed by atoms with E-state index in [9.17, 15) is 0 Å². The number of rotatable bonds is 4. The summed E-state index contributed by atoms with van der Waals surface area (Å²) in [7, 11) is 2.19. The summed E-state index contributed by atoms with van der Waals surface area (Å²) in [5, 5.41) is 0. The molecule has 2 N–H and O–H groups in total. The van der Waals surface area contributed by atoms with Crippen LogP contribution in [0.2, 0.25) is 0 Å². The predicted molar refractivity (Wildman–Crippen MR) is 61.4 cm³/mol. The highest BCUT2D eigenvalue weighted by Crippen LogP contribution is 2.14. The lowest BCUT2D eigenvalue weighted by molar-refractivity contribution is 0.0466. The lowest BCUT2D eigenvalue weighted by Gasteiger charge is -2.44. The van der Waals surface area contributed by atoms with E-state index in [1.54, 1.807) is 0 Å². The number of nitrogens with two attached hydrogens (primary N) is 1. The van der Waals surface area contributed by atoms with Crippen LogP contribution in [0.1, 0.15) is 26.7 Å². The molecule has 1 rings (SSSR count). The molecule has 0 amide bonds. The molecule has 3 nitrogen and oxygen atoms in total. The Balaban J connectivity index is 2.49. The maximum atomic E-state index is 5.82. The Morgan fingerprint density at radius 1 is 1.36 bits per heavy atom. The summed E-state index contributed by atoms with van der Waals surface area (Å²) in [5.74, 6) is 0. The summed E-state index contributed by atoms with van der Waals surface area (Å²) in [6.07, 6.45) is 2.57. The van der Waals surface area contributed by atoms with Crippen LogP contribution in [0.15, 0.2) is 0 Å². The van der Waals surface area contributed by atoms with Gasteiger partial charge in [-0.2, -0.15) is 0 Å². The molecule has 1 fully saturated rings. The first-order chi connectivity index (χ1) is 6.69. The Bertz CT molecular complexity index is 161. The molecular formula is C11H25N3. The minimum atomic E-state index is 0.565. The molecule has 0 aliphatic carbocycles. The Morgan fingerprint density at radius 3 is 2.64 bits per heavy atom. The molecule has 0 bridgehead atoms. The van der Waals surface area contributed by atoms with Crippen molar-refractivity contribution in [2.24, 2.45) is 5.73 Å². The molecule has 0 aromatic carbocycles. The molecule has 0 spiro atoms. The Hall–Kier alpha value is -0.120. The molecule has 0 aromatic heterocycles. The summed E-state index contributed by atoms with van der Waals surface area (Å²) in [6.45, 7) is 8.88. The number of nitrogens with zero attached hydrogens (tertiary/aromatic N) is 2. The van der Waals surface area contributed by atoms with Gasteiger partial charge in [-0.1, -0.05) is 13.3 Å². The maximum Gasteiger partial charge on any atom is 0.0348 e. The Labute approximate surface area is 88.2 Å². The molecule has 0 radical (unpaired) electrons. The van der Waals surface area contributed by atoms with Gasteiger partial charge in [0.15, 0.2) is 0 Å². The monoisotopic (exact) mass is 199 g/mol. The molecule has 1 heterocycles. The highest BCUT2D eigenvalue weighted by Gasteiger charge is 2.28. The maximum absolute atomic E-state index is 5.82. The van der Waals surface area contributed by atoms with Crippen LogP contribution in [-0.4, -0.2) is 55.1 Å². The highest BCUT2D eigenvalue weighted by atomic mass is 15.3. The van der Waals surface area contributed by atoms with E-state index in [2.05, 4.69) is 30.7 Å². The third-order valence-corrected chi connectivity index (χ3v) is 3.18. The quantitative estimate of drug-likeness (QED) is 0.725. The van der Waals surface area contributed by atoms with E-state index in [-0.39, 0.29) is 0 Å². The number of unbranched alkanes of at least 4 members (excludes halogenated alkanes) is 1. The molecular weight excluding hydrogens is 174 g/mol. The molecule has 1 aliphatic heterocycles. The van der Waals surface area contributed by atoms with E-state index in [0.29, 0.717) is 12.1 Å². The first-order valence-electron chi connectivity index (χ1n) is 5.83. The molecule has 1 aliphatic rings. The van der Waals surface area contributed by atoms with Crippen LogP contribution in [0.25, 0.3) is 0 Å². The minimum Gasteiger partial charge on any atom is -0.329 e. The number of hydrogen-bond donors (Lipinski definition) is 1. The van der Waals surface area contributed by atoms with Gasteiger partial charge < -0.3 is 10.6 Å². The van der Waals surface area contributed by atoms with E-state index in [1.165, 1.54) is 25.9 Å². The van der Waals surface area contributed by atoms with Gasteiger partial charge in [-0.3, -0.25) is 4.90 Å². The summed E-state index contributed by atoms with van der Waals surface area (Å²) < 4.78 is 0. The van der Waals surface area contributed by atoms with Gasteiger partial charge in [-0.25, -0.2) is 0 Å². The average molecular weight is 199 g/mol. The predicted octanol–water partition coefficient (Wildman–Crippen LogP) is 0.750. The van der Waals surface area contributed by atoms with Crippen molar-refractivity contribution in [3.8, 4) is 0 Å². The SMILES string of the molecule is CCCCN1C(C)CN(C)CC1CN. The van der Waals surface area contributed by atoms with Crippen molar-refractivity contribution < 1.29 is 0 Å². The second-order valence-electron chi connectivity index (χ2n) is 4.55. The fourth-order valence-corrected chi connectivity index (χ4v) is 2.41. The topological polar surface area (TPSA) is 32.5 Å². The van der Waals surface area contributed by atoms with E-state index in [1.807, 2.05) is 0 Å². The molecule has 84 valence electrons. The van der Waals surface area contributed by atoms with Gasteiger partial charge >= 0.3 is 0 Å². The molecule has 0 saturated carbocycles. The fraction of sp³-hybridized carbons (Fsp3) is 1.00. The van der Waals surface area contributed by atoms with Gasteiger partial charge in [-0.05, 0) is 26.9 Å². The summed E-state index contributed by atoms with van der Waals surface area (Å²) in [5.41, 5.74) is 5.82. The Kier molecular flexibility index (Phi) is 4.85. The van der Waals surface area contributed by atoms with Gasteiger partial charge in [-0.15, -0.1) is 0 Å². The van der Waals surface area contributed by atoms with Crippen molar-refractivity contribution in [3.63, 3.8) is 0 Å². The highest BCUT2D eigenvalue weighted by molar-refractivity contribution is 4.86. The zero-order chi connectivity index (χ0) is 10.6. The molecule has 2 unspecified atom stereocenters. The Morgan fingerprint density at radius 2 is 2.07 bits per heavy atom. The third-order valence-electron chi connectivity index (χ3n) is 3.18. The van der Waals surface area contributed by atoms with Crippen LogP contribution < -0.4 is 5.73 Å². The fourth-order valence-electron chi connectivity index (χ4n) is 2.41. The second kappa shape index (κ2) is 5.69. The molecule has 1 saturated heterocycles. The normalized spacial score (nSPS) is 30.9. The summed E-state index contributed by atoms with van der Waals surface area (Å²) in [4.78, 5) is 4.98. The van der Waals surface area contributed by atoms with Crippen LogP contribution in [-0.2, 0) is 0 Å². The van der Waals surface area contributed by atoms with E-state index in [0.717, 1.165) is 13.1 Å². The molecule has 14 heavy (non-hydrogen) atoms. The largest absolute Gasteiger partial charge is 0.329 e. The lowest BCUT2D eigenvalue weighted by Crippen LogP contribution is -2.59. The number of hydrogen-bond acceptors (Lipinski definition) is 3. The van der Waals surface area contributed by atoms with Gasteiger partial charge in [0.1, 0.15) is 0 Å². The average Bonchev–Trinajstić information content (AvgIpc) is 2.15. The van der Waals surface area contributed by atoms with Crippen LogP contribution in [0.4, 0.5) is 0 Å². The van der Waals surface area contributed by atoms with Gasteiger partial charge in [0.05, 0.1) is 0 Å². The van der Waals surface area contributed by atoms with Crippen molar-refractivity contribution in [2.75, 3.05) is 33.2 Å². The number of piperazine rings is 1. The molecule has 0 aromatic rings. The van der Waals surface area contributed by atoms with E-state index < -0.39 is 0 Å². The van der Waals surface area contributed by atoms with Crippen LogP contribution in [0.3, 0.4) is 0 Å². The summed E-state index contributed by atoms with van der Waals surface area (Å²) >= 11 is 0. The minimum absolute atomic E-state index is 0.565. The van der Waals surface area contributed by atoms with Gasteiger partial charge in [0, 0.05) is 31.7 Å². The van der Waals surface area contributed by atoms with Crippen LogP contribution in [0.5, 0.6) is 0 Å². The standard InChI is InChI=1S/C11H25N3/c1-4-5-6-14-10(2)8-13(3)9-11(14)7-12/h10-11H,4-9,12H2,1-3H3. The second-order valence-corrected chi connectivity index (χ2v) is 4.55. The van der Waals surface area contributed by atoms with Crippen molar-refractivity contribution in [2.45, 2.75) is 38.8 Å².